The first kappa shape index (κ1) is 10.2. The highest BCUT2D eigenvalue weighted by molar-refractivity contribution is 5.16. The Morgan fingerprint density at radius 3 is 2.77 bits per heavy atom. The third-order valence-corrected chi connectivity index (χ3v) is 1.83. The second kappa shape index (κ2) is 5.67. The van der Waals surface area contributed by atoms with Crippen LogP contribution in [-0.4, -0.2) is 13.1 Å². The SMILES string of the molecule is NCCCNCc1ccccc1F. The topological polar surface area (TPSA) is 38.0 Å². The molecule has 0 fully saturated rings. The van der Waals surface area contributed by atoms with Crippen molar-refractivity contribution in [1.82, 2.24) is 5.32 Å². The van der Waals surface area contributed by atoms with Gasteiger partial charge in [0.05, 0.1) is 0 Å². The molecule has 0 aromatic heterocycles. The van der Waals surface area contributed by atoms with Gasteiger partial charge in [-0.3, -0.25) is 0 Å². The Bertz CT molecular complexity index is 250. The summed E-state index contributed by atoms with van der Waals surface area (Å²) < 4.78 is 13.0. The summed E-state index contributed by atoms with van der Waals surface area (Å²) in [4.78, 5) is 0. The van der Waals surface area contributed by atoms with E-state index in [0.717, 1.165) is 13.0 Å². The maximum Gasteiger partial charge on any atom is 0.127 e. The minimum Gasteiger partial charge on any atom is -0.330 e. The van der Waals surface area contributed by atoms with E-state index in [1.165, 1.54) is 6.07 Å². The van der Waals surface area contributed by atoms with Crippen LogP contribution in [-0.2, 0) is 6.54 Å². The van der Waals surface area contributed by atoms with Crippen LogP contribution in [0.3, 0.4) is 0 Å². The van der Waals surface area contributed by atoms with Crippen molar-refractivity contribution in [2.75, 3.05) is 13.1 Å². The first-order valence-electron chi connectivity index (χ1n) is 4.49. The Kier molecular flexibility index (Phi) is 4.43. The zero-order valence-corrected chi connectivity index (χ0v) is 7.59. The molecule has 0 aliphatic rings. The maximum atomic E-state index is 13.0. The average molecular weight is 182 g/mol. The van der Waals surface area contributed by atoms with Crippen LogP contribution >= 0.6 is 0 Å². The van der Waals surface area contributed by atoms with Gasteiger partial charge in [-0.05, 0) is 25.6 Å². The number of halogens is 1. The van der Waals surface area contributed by atoms with E-state index in [1.807, 2.05) is 6.07 Å². The number of benzene rings is 1. The summed E-state index contributed by atoms with van der Waals surface area (Å²) in [6, 6.07) is 6.78. The standard InChI is InChI=1S/C10H15FN2/c11-10-5-2-1-4-9(10)8-13-7-3-6-12/h1-2,4-5,13H,3,6-8,12H2. The molecule has 0 saturated heterocycles. The van der Waals surface area contributed by atoms with Crippen LogP contribution in [0.15, 0.2) is 24.3 Å². The van der Waals surface area contributed by atoms with Crippen LogP contribution < -0.4 is 11.1 Å². The lowest BCUT2D eigenvalue weighted by molar-refractivity contribution is 0.583. The smallest absolute Gasteiger partial charge is 0.127 e. The molecule has 72 valence electrons. The van der Waals surface area contributed by atoms with Crippen molar-refractivity contribution in [2.45, 2.75) is 13.0 Å². The molecule has 2 nitrogen and oxygen atoms in total. The fraction of sp³-hybridized carbons (Fsp3) is 0.400. The largest absolute Gasteiger partial charge is 0.330 e. The summed E-state index contributed by atoms with van der Waals surface area (Å²) in [6.45, 7) is 2.09. The van der Waals surface area contributed by atoms with Gasteiger partial charge in [-0.25, -0.2) is 4.39 Å². The van der Waals surface area contributed by atoms with Gasteiger partial charge in [-0.1, -0.05) is 18.2 Å². The first-order valence-corrected chi connectivity index (χ1v) is 4.49. The quantitative estimate of drug-likeness (QED) is 0.673. The molecule has 0 radical (unpaired) electrons. The second-order valence-electron chi connectivity index (χ2n) is 2.91. The summed E-state index contributed by atoms with van der Waals surface area (Å²) >= 11 is 0. The molecule has 0 aliphatic carbocycles. The molecule has 0 spiro atoms. The number of rotatable bonds is 5. The van der Waals surface area contributed by atoms with E-state index in [9.17, 15) is 4.39 Å². The molecule has 1 aromatic carbocycles. The molecule has 0 saturated carbocycles. The molecule has 13 heavy (non-hydrogen) atoms. The predicted octanol–water partition coefficient (Wildman–Crippen LogP) is 1.26. The van der Waals surface area contributed by atoms with E-state index in [-0.39, 0.29) is 5.82 Å². The lowest BCUT2D eigenvalue weighted by atomic mass is 10.2. The van der Waals surface area contributed by atoms with Crippen LogP contribution in [0, 0.1) is 5.82 Å². The van der Waals surface area contributed by atoms with Gasteiger partial charge in [0.1, 0.15) is 5.82 Å². The molecular weight excluding hydrogens is 167 g/mol. The highest BCUT2D eigenvalue weighted by Gasteiger charge is 1.98. The highest BCUT2D eigenvalue weighted by Crippen LogP contribution is 2.04. The van der Waals surface area contributed by atoms with Gasteiger partial charge < -0.3 is 11.1 Å². The number of nitrogens with one attached hydrogen (secondary N) is 1. The van der Waals surface area contributed by atoms with E-state index in [1.54, 1.807) is 12.1 Å². The first-order chi connectivity index (χ1) is 6.34. The lowest BCUT2D eigenvalue weighted by Crippen LogP contribution is -2.18. The minimum atomic E-state index is -0.150. The van der Waals surface area contributed by atoms with Gasteiger partial charge in [0, 0.05) is 12.1 Å². The zero-order valence-electron chi connectivity index (χ0n) is 7.59. The van der Waals surface area contributed by atoms with E-state index in [2.05, 4.69) is 5.32 Å². The summed E-state index contributed by atoms with van der Waals surface area (Å²) in [5.74, 6) is -0.150. The Morgan fingerprint density at radius 1 is 1.31 bits per heavy atom. The Hall–Kier alpha value is -0.930. The van der Waals surface area contributed by atoms with Crippen molar-refractivity contribution in [3.05, 3.63) is 35.6 Å². The van der Waals surface area contributed by atoms with Gasteiger partial charge in [0.2, 0.25) is 0 Å². The summed E-state index contributed by atoms with van der Waals surface area (Å²) in [6.07, 6.45) is 0.925. The summed E-state index contributed by atoms with van der Waals surface area (Å²) in [5.41, 5.74) is 6.03. The van der Waals surface area contributed by atoms with Gasteiger partial charge in [-0.2, -0.15) is 0 Å². The van der Waals surface area contributed by atoms with Crippen LogP contribution in [0.4, 0.5) is 4.39 Å². The van der Waals surface area contributed by atoms with Crippen molar-refractivity contribution in [3.63, 3.8) is 0 Å². The molecule has 0 aliphatic heterocycles. The molecule has 0 unspecified atom stereocenters. The molecule has 1 rings (SSSR count). The normalized spacial score (nSPS) is 10.3. The van der Waals surface area contributed by atoms with Crippen LogP contribution in [0.2, 0.25) is 0 Å². The Balaban J connectivity index is 2.32. The number of nitrogens with two attached hydrogens (primary N) is 1. The summed E-state index contributed by atoms with van der Waals surface area (Å²) in [5, 5.41) is 3.12. The predicted molar refractivity (Wildman–Crippen MR) is 51.8 cm³/mol. The fourth-order valence-electron chi connectivity index (χ4n) is 1.09. The van der Waals surface area contributed by atoms with Crippen molar-refractivity contribution in [3.8, 4) is 0 Å². The van der Waals surface area contributed by atoms with Crippen molar-refractivity contribution < 1.29 is 4.39 Å². The van der Waals surface area contributed by atoms with Gasteiger partial charge in [-0.15, -0.1) is 0 Å². The molecule has 3 heteroatoms. The maximum absolute atomic E-state index is 13.0. The molecule has 0 amide bonds. The van der Waals surface area contributed by atoms with Crippen LogP contribution in [0.25, 0.3) is 0 Å². The third-order valence-electron chi connectivity index (χ3n) is 1.83. The Morgan fingerprint density at radius 2 is 2.08 bits per heavy atom. The van der Waals surface area contributed by atoms with Crippen molar-refractivity contribution in [2.24, 2.45) is 5.73 Å². The van der Waals surface area contributed by atoms with Crippen molar-refractivity contribution >= 4 is 0 Å². The molecule has 0 atom stereocenters. The summed E-state index contributed by atoms with van der Waals surface area (Å²) in [7, 11) is 0. The Labute approximate surface area is 77.9 Å². The monoisotopic (exact) mass is 182 g/mol. The highest BCUT2D eigenvalue weighted by atomic mass is 19.1. The third kappa shape index (κ3) is 3.53. The van der Waals surface area contributed by atoms with Gasteiger partial charge in [0.15, 0.2) is 0 Å². The molecule has 3 N–H and O–H groups in total. The molecular formula is C10H15FN2. The molecule has 0 bridgehead atoms. The average Bonchev–Trinajstić information content (AvgIpc) is 2.15. The van der Waals surface area contributed by atoms with E-state index in [0.29, 0.717) is 18.7 Å². The number of hydrogen-bond donors (Lipinski definition) is 2. The van der Waals surface area contributed by atoms with Gasteiger partial charge in [0.25, 0.3) is 0 Å². The molecule has 0 heterocycles. The van der Waals surface area contributed by atoms with Crippen LogP contribution in [0.5, 0.6) is 0 Å². The van der Waals surface area contributed by atoms with Crippen LogP contribution in [0.1, 0.15) is 12.0 Å². The second-order valence-corrected chi connectivity index (χ2v) is 2.91. The van der Waals surface area contributed by atoms with E-state index in [4.69, 9.17) is 5.73 Å². The number of hydrogen-bond acceptors (Lipinski definition) is 2. The lowest BCUT2D eigenvalue weighted by Gasteiger charge is -2.04. The fourth-order valence-corrected chi connectivity index (χ4v) is 1.09. The van der Waals surface area contributed by atoms with E-state index >= 15 is 0 Å². The van der Waals surface area contributed by atoms with E-state index < -0.39 is 0 Å². The zero-order chi connectivity index (χ0) is 9.52. The van der Waals surface area contributed by atoms with Gasteiger partial charge >= 0.3 is 0 Å². The minimum absolute atomic E-state index is 0.150. The van der Waals surface area contributed by atoms with Crippen molar-refractivity contribution in [1.29, 1.82) is 0 Å². The molecule has 1 aromatic rings.